The molecule has 0 aromatic heterocycles. The fourth-order valence-electron chi connectivity index (χ4n) is 7.57. The van der Waals surface area contributed by atoms with Gasteiger partial charge in [0, 0.05) is 0 Å². The molecule has 1 aliphatic heterocycles. The average Bonchev–Trinajstić information content (AvgIpc) is 3.54. The van der Waals surface area contributed by atoms with Crippen molar-refractivity contribution in [2.45, 2.75) is 95.5 Å². The number of hydrogen-bond donors (Lipinski definition) is 0. The molecular formula is C41H48Cl2SiZr. The van der Waals surface area contributed by atoms with E-state index in [2.05, 4.69) is 134 Å². The number of allylic oxidation sites excluding steroid dienone is 1. The van der Waals surface area contributed by atoms with Gasteiger partial charge in [0.2, 0.25) is 0 Å². The first-order chi connectivity index (χ1) is 21.3. The van der Waals surface area contributed by atoms with Crippen LogP contribution in [0.25, 0.3) is 28.3 Å². The van der Waals surface area contributed by atoms with Gasteiger partial charge in [0.25, 0.3) is 0 Å². The van der Waals surface area contributed by atoms with Crippen molar-refractivity contribution < 1.29 is 17.9 Å². The van der Waals surface area contributed by atoms with Crippen molar-refractivity contribution in [2.24, 2.45) is 0 Å². The molecule has 0 fully saturated rings. The van der Waals surface area contributed by atoms with E-state index in [9.17, 15) is 0 Å². The van der Waals surface area contributed by atoms with Gasteiger partial charge in [-0.25, -0.2) is 0 Å². The molecule has 0 nitrogen and oxygen atoms in total. The zero-order chi connectivity index (χ0) is 32.3. The number of hydrogen-bond acceptors (Lipinski definition) is 0. The van der Waals surface area contributed by atoms with Crippen LogP contribution < -0.4 is 13.6 Å². The van der Waals surface area contributed by atoms with Crippen LogP contribution in [0.2, 0.25) is 0 Å². The third kappa shape index (κ3) is 6.08. The van der Waals surface area contributed by atoms with Gasteiger partial charge >= 0.3 is 288 Å². The summed E-state index contributed by atoms with van der Waals surface area (Å²) < 4.78 is 1.43. The Balaban J connectivity index is 1.57. The first kappa shape index (κ1) is 33.2. The molecule has 2 aliphatic rings. The van der Waals surface area contributed by atoms with Crippen molar-refractivity contribution in [3.05, 3.63) is 106 Å². The van der Waals surface area contributed by atoms with Crippen molar-refractivity contribution in [1.82, 2.24) is 0 Å². The van der Waals surface area contributed by atoms with Gasteiger partial charge in [-0.15, -0.1) is 0 Å². The predicted molar refractivity (Wildman–Crippen MR) is 200 cm³/mol. The van der Waals surface area contributed by atoms with Crippen LogP contribution in [0.3, 0.4) is 0 Å². The maximum atomic E-state index is 7.98. The Kier molecular flexibility index (Phi) is 9.15. The van der Waals surface area contributed by atoms with Crippen molar-refractivity contribution in [1.29, 1.82) is 0 Å². The third-order valence-electron chi connectivity index (χ3n) is 9.96. The van der Waals surface area contributed by atoms with Crippen LogP contribution in [0, 0.1) is 0 Å². The number of aryl methyl sites for hydroxylation is 1. The Labute approximate surface area is 286 Å². The van der Waals surface area contributed by atoms with E-state index in [0.29, 0.717) is 0 Å². The maximum absolute atomic E-state index is 7.98. The SMILES string of the molecule is CCCC1=Cc2c(ccc(CCC)c2-c2cc(C(C)(C)C)cc(C(C)(C)C)c2)[CH]1[Zr]([Cl])([Cl])[c]1cccc2c1[SiH2]c1ccccc1-2. The summed E-state index contributed by atoms with van der Waals surface area (Å²) in [4.78, 5) is 0. The van der Waals surface area contributed by atoms with E-state index in [1.807, 2.05) is 0 Å². The predicted octanol–water partition coefficient (Wildman–Crippen LogP) is 10.0. The average molecular weight is 731 g/mol. The van der Waals surface area contributed by atoms with Gasteiger partial charge < -0.3 is 0 Å². The summed E-state index contributed by atoms with van der Waals surface area (Å²) in [6, 6.07) is 27.9. The molecule has 6 rings (SSSR count). The third-order valence-corrected chi connectivity index (χ3v) is 24.3. The van der Waals surface area contributed by atoms with Crippen LogP contribution in [0.5, 0.6) is 0 Å². The molecule has 0 spiro atoms. The van der Waals surface area contributed by atoms with Crippen LogP contribution in [-0.2, 0) is 35.1 Å². The second kappa shape index (κ2) is 12.4. The summed E-state index contributed by atoms with van der Waals surface area (Å²) in [5.74, 6) is 0. The molecule has 0 radical (unpaired) electrons. The molecule has 1 aliphatic carbocycles. The van der Waals surface area contributed by atoms with E-state index in [4.69, 9.17) is 17.0 Å². The minimum atomic E-state index is -4.03. The molecule has 1 heterocycles. The van der Waals surface area contributed by atoms with Crippen molar-refractivity contribution in [2.75, 3.05) is 0 Å². The molecule has 1 unspecified atom stereocenters. The Morgan fingerprint density at radius 2 is 1.38 bits per heavy atom. The fraction of sp³-hybridized carbons (Fsp3) is 0.366. The first-order valence-electron chi connectivity index (χ1n) is 16.9. The summed E-state index contributed by atoms with van der Waals surface area (Å²) in [7, 11) is 15.3. The minimum absolute atomic E-state index is 0.0532. The van der Waals surface area contributed by atoms with Crippen molar-refractivity contribution in [3.63, 3.8) is 0 Å². The molecule has 45 heavy (non-hydrogen) atoms. The normalized spacial score (nSPS) is 16.5. The molecule has 0 amide bonds. The monoisotopic (exact) mass is 728 g/mol. The molecule has 4 heteroatoms. The van der Waals surface area contributed by atoms with Crippen LogP contribution in [0.4, 0.5) is 0 Å². The van der Waals surface area contributed by atoms with E-state index < -0.39 is 27.4 Å². The topological polar surface area (TPSA) is 0 Å². The summed E-state index contributed by atoms with van der Waals surface area (Å²) >= 11 is -4.03. The van der Waals surface area contributed by atoms with Crippen molar-refractivity contribution in [3.8, 4) is 22.3 Å². The van der Waals surface area contributed by atoms with Gasteiger partial charge in [0.15, 0.2) is 0 Å². The van der Waals surface area contributed by atoms with Gasteiger partial charge in [0.05, 0.1) is 0 Å². The summed E-state index contributed by atoms with van der Waals surface area (Å²) in [6.07, 6.45) is 6.80. The van der Waals surface area contributed by atoms with E-state index in [1.54, 1.807) is 0 Å². The standard InChI is InChI=1S/C29H39.C12H9Si.2ClH.Zr/c1-9-11-20-15-22-14-13-21(12-10-2)27(26(22)16-20)23-17-24(28(3,4)5)19-25(18-23)29(6,7)8;1-3-7-11-9(5-1)10-6-2-4-8-12(10)13-11;;;/h13-19H,9-12H2,1-8H3;1-7H,13H2;2*1H;/q;;;;+2/p-2. The van der Waals surface area contributed by atoms with E-state index >= 15 is 0 Å². The molecule has 234 valence electrons. The second-order valence-electron chi connectivity index (χ2n) is 15.3. The Hall–Kier alpha value is -1.70. The van der Waals surface area contributed by atoms with Gasteiger partial charge in [-0.2, -0.15) is 0 Å². The number of fused-ring (bicyclic) bond motifs is 4. The van der Waals surface area contributed by atoms with Gasteiger partial charge in [-0.1, -0.05) is 0 Å². The van der Waals surface area contributed by atoms with E-state index in [1.165, 1.54) is 69.3 Å². The van der Waals surface area contributed by atoms with E-state index in [0.717, 1.165) is 25.7 Å². The Morgan fingerprint density at radius 1 is 0.733 bits per heavy atom. The summed E-state index contributed by atoms with van der Waals surface area (Å²) in [5.41, 5.74) is 14.0. The number of benzene rings is 4. The van der Waals surface area contributed by atoms with Crippen LogP contribution >= 0.6 is 17.0 Å². The number of halogens is 2. The molecule has 0 saturated heterocycles. The van der Waals surface area contributed by atoms with Crippen LogP contribution in [0.15, 0.2) is 78.4 Å². The zero-order valence-electron chi connectivity index (χ0n) is 28.4. The molecule has 1 atom stereocenters. The molecule has 0 bridgehead atoms. The summed E-state index contributed by atoms with van der Waals surface area (Å²) in [5, 5.41) is 3.02. The molecule has 4 aromatic rings. The van der Waals surface area contributed by atoms with Gasteiger partial charge in [-0.3, -0.25) is 0 Å². The number of rotatable bonds is 7. The quantitative estimate of drug-likeness (QED) is 0.146. The van der Waals surface area contributed by atoms with Crippen molar-refractivity contribution >= 4 is 46.3 Å². The Bertz CT molecular complexity index is 1770. The molecular weight excluding hydrogens is 683 g/mol. The Morgan fingerprint density at radius 3 is 2.02 bits per heavy atom. The van der Waals surface area contributed by atoms with E-state index in [-0.39, 0.29) is 14.5 Å². The second-order valence-corrected chi connectivity index (χ2v) is 31.2. The molecule has 0 saturated carbocycles. The van der Waals surface area contributed by atoms with Crippen LogP contribution in [-0.4, -0.2) is 9.52 Å². The van der Waals surface area contributed by atoms with Crippen LogP contribution in [0.1, 0.15) is 106 Å². The molecule has 0 N–H and O–H groups in total. The van der Waals surface area contributed by atoms with Gasteiger partial charge in [-0.05, 0) is 0 Å². The summed E-state index contributed by atoms with van der Waals surface area (Å²) in [6.45, 7) is 18.6. The zero-order valence-corrected chi connectivity index (χ0v) is 33.8. The first-order valence-corrected chi connectivity index (χ1v) is 27.3. The molecule has 4 aromatic carbocycles. The van der Waals surface area contributed by atoms with Gasteiger partial charge in [0.1, 0.15) is 0 Å². The fourth-order valence-corrected chi connectivity index (χ4v) is 24.4.